The first-order valence-corrected chi connectivity index (χ1v) is 6.38. The van der Waals surface area contributed by atoms with Crippen LogP contribution in [0, 0.1) is 5.21 Å². The van der Waals surface area contributed by atoms with Crippen molar-refractivity contribution >= 4 is 0 Å². The molecule has 4 nitrogen and oxygen atoms in total. The number of pyridine rings is 1. The maximum absolute atomic E-state index is 10.8. The average Bonchev–Trinajstić information content (AvgIpc) is 2.38. The van der Waals surface area contributed by atoms with Gasteiger partial charge in [-0.15, -0.1) is 0 Å². The van der Waals surface area contributed by atoms with Gasteiger partial charge in [0.05, 0.1) is 6.61 Å². The molecular weight excluding hydrogens is 216 g/mol. The van der Waals surface area contributed by atoms with Crippen molar-refractivity contribution < 1.29 is 9.47 Å². The van der Waals surface area contributed by atoms with Crippen molar-refractivity contribution in [3.63, 3.8) is 0 Å². The van der Waals surface area contributed by atoms with E-state index in [0.29, 0.717) is 0 Å². The molecule has 1 aromatic heterocycles. The third-order valence-electron chi connectivity index (χ3n) is 3.11. The fraction of sp³-hybridized carbons (Fsp3) is 0.615. The Bertz CT molecular complexity index is 321. The van der Waals surface area contributed by atoms with Crippen LogP contribution in [0.1, 0.15) is 25.7 Å². The molecule has 1 fully saturated rings. The summed E-state index contributed by atoms with van der Waals surface area (Å²) in [5, 5.41) is 10.8. The van der Waals surface area contributed by atoms with Crippen molar-refractivity contribution in [1.29, 1.82) is 0 Å². The van der Waals surface area contributed by atoms with Crippen LogP contribution in [-0.4, -0.2) is 31.1 Å². The molecule has 0 atom stereocenters. The van der Waals surface area contributed by atoms with Crippen LogP contribution >= 0.6 is 0 Å². The first kappa shape index (κ1) is 12.2. The second-order valence-electron chi connectivity index (χ2n) is 4.50. The van der Waals surface area contributed by atoms with Gasteiger partial charge in [-0.25, -0.2) is 0 Å². The zero-order valence-corrected chi connectivity index (χ0v) is 10.2. The smallest absolute Gasteiger partial charge is 0.184 e. The van der Waals surface area contributed by atoms with Crippen molar-refractivity contribution in [3.8, 4) is 5.75 Å². The first-order chi connectivity index (χ1) is 8.34. The minimum atomic E-state index is 0.722. The molecule has 1 aromatic rings. The number of nitrogens with zero attached hydrogens (tertiary/aromatic N) is 2. The fourth-order valence-electron chi connectivity index (χ4n) is 2.16. The predicted molar refractivity (Wildman–Crippen MR) is 65.8 cm³/mol. The largest absolute Gasteiger partial charge is 0.619 e. The normalized spacial score (nSPS) is 16.9. The summed E-state index contributed by atoms with van der Waals surface area (Å²) in [6, 6.07) is 3.40. The zero-order chi connectivity index (χ0) is 11.9. The van der Waals surface area contributed by atoms with Crippen molar-refractivity contribution in [2.24, 2.45) is 0 Å². The van der Waals surface area contributed by atoms with Gasteiger partial charge in [0.15, 0.2) is 12.4 Å². The molecule has 94 valence electrons. The summed E-state index contributed by atoms with van der Waals surface area (Å²) in [7, 11) is 0. The Hall–Kier alpha value is -1.29. The summed E-state index contributed by atoms with van der Waals surface area (Å²) in [4.78, 5) is 2.50. The van der Waals surface area contributed by atoms with E-state index in [1.165, 1.54) is 44.7 Å². The van der Waals surface area contributed by atoms with Crippen molar-refractivity contribution in [3.05, 3.63) is 29.7 Å². The molecular formula is C13H20N2O2. The minimum Gasteiger partial charge on any atom is -0.619 e. The first-order valence-electron chi connectivity index (χ1n) is 6.38. The molecule has 1 aliphatic rings. The quantitative estimate of drug-likeness (QED) is 0.442. The lowest BCUT2D eigenvalue weighted by Crippen LogP contribution is -2.31. The Morgan fingerprint density at radius 1 is 1.18 bits per heavy atom. The Morgan fingerprint density at radius 2 is 1.88 bits per heavy atom. The molecule has 4 heteroatoms. The number of ether oxygens (including phenoxy) is 1. The highest BCUT2D eigenvalue weighted by Gasteiger charge is 2.08. The van der Waals surface area contributed by atoms with E-state index in [9.17, 15) is 5.21 Å². The molecule has 17 heavy (non-hydrogen) atoms. The number of rotatable bonds is 5. The van der Waals surface area contributed by atoms with Crippen LogP contribution in [0.15, 0.2) is 24.5 Å². The zero-order valence-electron chi connectivity index (χ0n) is 10.2. The van der Waals surface area contributed by atoms with Gasteiger partial charge >= 0.3 is 0 Å². The van der Waals surface area contributed by atoms with Crippen LogP contribution < -0.4 is 9.47 Å². The number of likely N-dealkylation sites (tertiary alicyclic amines) is 1. The SMILES string of the molecule is [O-][n+]1ccc(OCCCN2CCCCC2)cc1. The number of aromatic nitrogens is 1. The summed E-state index contributed by atoms with van der Waals surface area (Å²) < 4.78 is 6.34. The molecule has 0 radical (unpaired) electrons. The van der Waals surface area contributed by atoms with E-state index < -0.39 is 0 Å². The van der Waals surface area contributed by atoms with Crippen LogP contribution in [0.5, 0.6) is 5.75 Å². The Kier molecular flexibility index (Phi) is 4.62. The third-order valence-corrected chi connectivity index (χ3v) is 3.11. The summed E-state index contributed by atoms with van der Waals surface area (Å²) in [5.41, 5.74) is 0. The van der Waals surface area contributed by atoms with Gasteiger partial charge in [0.25, 0.3) is 0 Å². The lowest BCUT2D eigenvalue weighted by atomic mass is 10.1. The van der Waals surface area contributed by atoms with E-state index in [1.807, 2.05) is 0 Å². The van der Waals surface area contributed by atoms with Crippen LogP contribution in [0.4, 0.5) is 0 Å². The standard InChI is InChI=1S/C13H20N2O2/c16-15-10-5-13(6-11-15)17-12-4-9-14-7-2-1-3-8-14/h5-6,10-11H,1-4,7-9,12H2. The van der Waals surface area contributed by atoms with Crippen LogP contribution in [0.25, 0.3) is 0 Å². The number of hydrogen-bond acceptors (Lipinski definition) is 3. The molecule has 0 amide bonds. The summed E-state index contributed by atoms with van der Waals surface area (Å²) >= 11 is 0. The van der Waals surface area contributed by atoms with Gasteiger partial charge in [-0.05, 0) is 32.4 Å². The average molecular weight is 236 g/mol. The van der Waals surface area contributed by atoms with Crippen LogP contribution in [0.2, 0.25) is 0 Å². The van der Waals surface area contributed by atoms with Gasteiger partial charge in [-0.1, -0.05) is 6.42 Å². The van der Waals surface area contributed by atoms with Gasteiger partial charge in [0, 0.05) is 18.7 Å². The molecule has 0 aromatic carbocycles. The minimum absolute atomic E-state index is 0.722. The van der Waals surface area contributed by atoms with E-state index in [0.717, 1.165) is 30.1 Å². The van der Waals surface area contributed by atoms with E-state index in [4.69, 9.17) is 4.74 Å². The summed E-state index contributed by atoms with van der Waals surface area (Å²) in [6.45, 7) is 4.32. The van der Waals surface area contributed by atoms with Crippen molar-refractivity contribution in [1.82, 2.24) is 4.90 Å². The Balaban J connectivity index is 1.60. The van der Waals surface area contributed by atoms with Crippen LogP contribution in [-0.2, 0) is 0 Å². The molecule has 0 bridgehead atoms. The second-order valence-corrected chi connectivity index (χ2v) is 4.50. The lowest BCUT2D eigenvalue weighted by molar-refractivity contribution is -0.605. The maximum atomic E-state index is 10.8. The number of piperidine rings is 1. The fourth-order valence-corrected chi connectivity index (χ4v) is 2.16. The van der Waals surface area contributed by atoms with Gasteiger partial charge in [0.1, 0.15) is 5.75 Å². The van der Waals surface area contributed by atoms with Gasteiger partial charge in [0.2, 0.25) is 0 Å². The third kappa shape index (κ3) is 4.23. The second kappa shape index (κ2) is 6.45. The molecule has 1 aliphatic heterocycles. The maximum Gasteiger partial charge on any atom is 0.184 e. The molecule has 0 spiro atoms. The molecule has 0 N–H and O–H groups in total. The van der Waals surface area contributed by atoms with Crippen molar-refractivity contribution in [2.75, 3.05) is 26.2 Å². The van der Waals surface area contributed by atoms with Crippen LogP contribution in [0.3, 0.4) is 0 Å². The molecule has 0 unspecified atom stereocenters. The Labute approximate surface area is 102 Å². The van der Waals surface area contributed by atoms with Gasteiger partial charge in [-0.2, -0.15) is 4.73 Å². The highest BCUT2D eigenvalue weighted by Crippen LogP contribution is 2.10. The van der Waals surface area contributed by atoms with E-state index in [2.05, 4.69) is 4.90 Å². The molecule has 1 saturated heterocycles. The van der Waals surface area contributed by atoms with E-state index in [1.54, 1.807) is 12.1 Å². The number of hydrogen-bond donors (Lipinski definition) is 0. The summed E-state index contributed by atoms with van der Waals surface area (Å²) in [6.07, 6.45) is 8.02. The highest BCUT2D eigenvalue weighted by molar-refractivity contribution is 5.14. The monoisotopic (exact) mass is 236 g/mol. The molecule has 0 saturated carbocycles. The van der Waals surface area contributed by atoms with E-state index >= 15 is 0 Å². The Morgan fingerprint density at radius 3 is 2.59 bits per heavy atom. The van der Waals surface area contributed by atoms with Gasteiger partial charge < -0.3 is 14.8 Å². The topological polar surface area (TPSA) is 39.4 Å². The predicted octanol–water partition coefficient (Wildman–Crippen LogP) is 1.57. The van der Waals surface area contributed by atoms with E-state index in [-0.39, 0.29) is 0 Å². The molecule has 0 aliphatic carbocycles. The van der Waals surface area contributed by atoms with Gasteiger partial charge in [-0.3, -0.25) is 0 Å². The summed E-state index contributed by atoms with van der Waals surface area (Å²) in [5.74, 6) is 0.774. The molecule has 2 heterocycles. The highest BCUT2D eigenvalue weighted by atomic mass is 16.5. The lowest BCUT2D eigenvalue weighted by Gasteiger charge is -2.26. The molecule has 2 rings (SSSR count). The van der Waals surface area contributed by atoms with Crippen molar-refractivity contribution in [2.45, 2.75) is 25.7 Å².